The van der Waals surface area contributed by atoms with E-state index in [0.717, 1.165) is 24.2 Å². The fourth-order valence-electron chi connectivity index (χ4n) is 2.45. The standard InChI is InChI=1S/C19H24N2O/c1-15-8-7-11-18(16(15)2)20-19(22)14-21(3)13-12-17-9-5-4-6-10-17/h4-11H,12-14H2,1-3H3,(H,20,22)/p+1. The zero-order valence-electron chi connectivity index (χ0n) is 13.6. The molecule has 22 heavy (non-hydrogen) atoms. The van der Waals surface area contributed by atoms with Gasteiger partial charge >= 0.3 is 0 Å². The number of anilines is 1. The number of carbonyl (C=O) groups excluding carboxylic acids is 1. The van der Waals surface area contributed by atoms with Gasteiger partial charge < -0.3 is 10.2 Å². The highest BCUT2D eigenvalue weighted by molar-refractivity contribution is 5.92. The predicted octanol–water partition coefficient (Wildman–Crippen LogP) is 2.00. The maximum absolute atomic E-state index is 12.2. The first-order chi connectivity index (χ1) is 10.6. The summed E-state index contributed by atoms with van der Waals surface area (Å²) in [5.41, 5.74) is 4.57. The van der Waals surface area contributed by atoms with E-state index in [9.17, 15) is 4.79 Å². The van der Waals surface area contributed by atoms with Gasteiger partial charge in [0.1, 0.15) is 0 Å². The summed E-state index contributed by atoms with van der Waals surface area (Å²) in [6.07, 6.45) is 0.990. The summed E-state index contributed by atoms with van der Waals surface area (Å²) in [6, 6.07) is 16.4. The number of benzene rings is 2. The minimum Gasteiger partial charge on any atom is -0.329 e. The monoisotopic (exact) mass is 297 g/mol. The van der Waals surface area contributed by atoms with Gasteiger partial charge in [0.15, 0.2) is 6.54 Å². The number of rotatable bonds is 6. The van der Waals surface area contributed by atoms with Crippen molar-refractivity contribution in [1.82, 2.24) is 0 Å². The number of hydrogen-bond acceptors (Lipinski definition) is 1. The molecular formula is C19H25N2O+. The van der Waals surface area contributed by atoms with Crippen LogP contribution in [0.15, 0.2) is 48.5 Å². The normalized spacial score (nSPS) is 12.0. The lowest BCUT2D eigenvalue weighted by Gasteiger charge is -2.15. The lowest BCUT2D eigenvalue weighted by molar-refractivity contribution is -0.870. The molecule has 1 amide bonds. The third kappa shape index (κ3) is 4.71. The maximum Gasteiger partial charge on any atom is 0.279 e. The van der Waals surface area contributed by atoms with Crippen molar-refractivity contribution >= 4 is 11.6 Å². The van der Waals surface area contributed by atoms with Crippen LogP contribution in [-0.4, -0.2) is 26.0 Å². The minimum atomic E-state index is 0.0688. The number of aryl methyl sites for hydroxylation is 1. The quantitative estimate of drug-likeness (QED) is 0.840. The zero-order valence-corrected chi connectivity index (χ0v) is 13.6. The Morgan fingerprint density at radius 3 is 2.50 bits per heavy atom. The molecule has 0 aliphatic heterocycles. The van der Waals surface area contributed by atoms with Crippen molar-refractivity contribution in [2.45, 2.75) is 20.3 Å². The molecule has 0 bridgehead atoms. The van der Waals surface area contributed by atoms with Gasteiger partial charge in [0.2, 0.25) is 0 Å². The van der Waals surface area contributed by atoms with Gasteiger partial charge in [-0.1, -0.05) is 42.5 Å². The molecule has 0 fully saturated rings. The van der Waals surface area contributed by atoms with Crippen molar-refractivity contribution < 1.29 is 9.69 Å². The SMILES string of the molecule is Cc1cccc(NC(=O)C[NH+](C)CCc2ccccc2)c1C. The van der Waals surface area contributed by atoms with Crippen LogP contribution in [0.4, 0.5) is 5.69 Å². The summed E-state index contributed by atoms with van der Waals surface area (Å²) >= 11 is 0. The maximum atomic E-state index is 12.2. The molecule has 0 aliphatic carbocycles. The van der Waals surface area contributed by atoms with Crippen LogP contribution < -0.4 is 10.2 Å². The van der Waals surface area contributed by atoms with E-state index in [1.807, 2.05) is 25.1 Å². The van der Waals surface area contributed by atoms with Crippen LogP contribution in [0.25, 0.3) is 0 Å². The molecule has 0 aliphatic rings. The van der Waals surface area contributed by atoms with Gasteiger partial charge in [-0.3, -0.25) is 4.79 Å². The van der Waals surface area contributed by atoms with E-state index in [1.54, 1.807) is 0 Å². The molecule has 3 heteroatoms. The molecule has 3 nitrogen and oxygen atoms in total. The number of hydrogen-bond donors (Lipinski definition) is 2. The summed E-state index contributed by atoms with van der Waals surface area (Å²) in [5, 5.41) is 3.02. The van der Waals surface area contributed by atoms with Gasteiger partial charge in [0.05, 0.1) is 13.6 Å². The molecule has 1 unspecified atom stereocenters. The van der Waals surface area contributed by atoms with Crippen LogP contribution in [0, 0.1) is 13.8 Å². The molecule has 0 aromatic heterocycles. The highest BCUT2D eigenvalue weighted by Crippen LogP contribution is 2.17. The summed E-state index contributed by atoms with van der Waals surface area (Å²) in [4.78, 5) is 13.4. The summed E-state index contributed by atoms with van der Waals surface area (Å²) in [6.45, 7) is 5.53. The van der Waals surface area contributed by atoms with Crippen molar-refractivity contribution in [1.29, 1.82) is 0 Å². The molecule has 2 aromatic carbocycles. The third-order valence-corrected chi connectivity index (χ3v) is 4.02. The lowest BCUT2D eigenvalue weighted by atomic mass is 10.1. The predicted molar refractivity (Wildman–Crippen MR) is 91.3 cm³/mol. The Hall–Kier alpha value is -2.13. The average molecular weight is 297 g/mol. The van der Waals surface area contributed by atoms with Crippen molar-refractivity contribution in [2.75, 3.05) is 25.5 Å². The molecular weight excluding hydrogens is 272 g/mol. The first-order valence-electron chi connectivity index (χ1n) is 7.77. The van der Waals surface area contributed by atoms with Crippen LogP contribution in [0.3, 0.4) is 0 Å². The van der Waals surface area contributed by atoms with Crippen LogP contribution in [0.1, 0.15) is 16.7 Å². The molecule has 2 N–H and O–H groups in total. The molecule has 116 valence electrons. The fourth-order valence-corrected chi connectivity index (χ4v) is 2.45. The average Bonchev–Trinajstić information content (AvgIpc) is 2.51. The van der Waals surface area contributed by atoms with Crippen molar-refractivity contribution in [3.8, 4) is 0 Å². The van der Waals surface area contributed by atoms with E-state index in [0.29, 0.717) is 6.54 Å². The Kier molecular flexibility index (Phi) is 5.73. The number of amides is 1. The Labute approximate surface area is 133 Å². The smallest absolute Gasteiger partial charge is 0.279 e. The molecule has 0 saturated carbocycles. The molecule has 0 radical (unpaired) electrons. The molecule has 2 aromatic rings. The second-order valence-electron chi connectivity index (χ2n) is 5.92. The van der Waals surface area contributed by atoms with Gasteiger partial charge in [-0.15, -0.1) is 0 Å². The lowest BCUT2D eigenvalue weighted by Crippen LogP contribution is -3.10. The molecule has 0 heterocycles. The van der Waals surface area contributed by atoms with Crippen molar-refractivity contribution in [2.24, 2.45) is 0 Å². The molecule has 0 spiro atoms. The summed E-state index contributed by atoms with van der Waals surface area (Å²) in [7, 11) is 2.06. The molecule has 0 saturated heterocycles. The summed E-state index contributed by atoms with van der Waals surface area (Å²) < 4.78 is 0. The van der Waals surface area contributed by atoms with Gasteiger partial charge in [0, 0.05) is 12.1 Å². The largest absolute Gasteiger partial charge is 0.329 e. The molecule has 2 rings (SSSR count). The highest BCUT2D eigenvalue weighted by atomic mass is 16.2. The van der Waals surface area contributed by atoms with Crippen LogP contribution in [0.2, 0.25) is 0 Å². The van der Waals surface area contributed by atoms with Crippen LogP contribution >= 0.6 is 0 Å². The van der Waals surface area contributed by atoms with E-state index in [-0.39, 0.29) is 5.91 Å². The Morgan fingerprint density at radius 2 is 1.77 bits per heavy atom. The van der Waals surface area contributed by atoms with E-state index >= 15 is 0 Å². The number of quaternary nitrogens is 1. The van der Waals surface area contributed by atoms with E-state index < -0.39 is 0 Å². The number of likely N-dealkylation sites (N-methyl/N-ethyl adjacent to an activating group) is 1. The van der Waals surface area contributed by atoms with Gasteiger partial charge in [0.25, 0.3) is 5.91 Å². The third-order valence-electron chi connectivity index (χ3n) is 4.02. The van der Waals surface area contributed by atoms with Gasteiger partial charge in [-0.05, 0) is 36.6 Å². The number of nitrogens with one attached hydrogen (secondary N) is 2. The van der Waals surface area contributed by atoms with E-state index in [2.05, 4.69) is 49.6 Å². The zero-order chi connectivity index (χ0) is 15.9. The van der Waals surface area contributed by atoms with Crippen LogP contribution in [-0.2, 0) is 11.2 Å². The van der Waals surface area contributed by atoms with Gasteiger partial charge in [-0.25, -0.2) is 0 Å². The Bertz CT molecular complexity index is 623. The van der Waals surface area contributed by atoms with Crippen LogP contribution in [0.5, 0.6) is 0 Å². The van der Waals surface area contributed by atoms with E-state index in [4.69, 9.17) is 0 Å². The highest BCUT2D eigenvalue weighted by Gasteiger charge is 2.11. The topological polar surface area (TPSA) is 33.5 Å². The second kappa shape index (κ2) is 7.76. The minimum absolute atomic E-state index is 0.0688. The van der Waals surface area contributed by atoms with Crippen molar-refractivity contribution in [3.63, 3.8) is 0 Å². The number of carbonyl (C=O) groups is 1. The van der Waals surface area contributed by atoms with E-state index in [1.165, 1.54) is 16.0 Å². The Balaban J connectivity index is 1.82. The molecule has 1 atom stereocenters. The summed E-state index contributed by atoms with van der Waals surface area (Å²) in [5.74, 6) is 0.0688. The Morgan fingerprint density at radius 1 is 1.05 bits per heavy atom. The van der Waals surface area contributed by atoms with Gasteiger partial charge in [-0.2, -0.15) is 0 Å². The first-order valence-corrected chi connectivity index (χ1v) is 7.77. The second-order valence-corrected chi connectivity index (χ2v) is 5.92. The first kappa shape index (κ1) is 16.2. The fraction of sp³-hybridized carbons (Fsp3) is 0.316. The van der Waals surface area contributed by atoms with Crippen molar-refractivity contribution in [3.05, 3.63) is 65.2 Å².